The number of aromatic nitrogens is 5. The lowest BCUT2D eigenvalue weighted by Crippen LogP contribution is -2.44. The Morgan fingerprint density at radius 1 is 1.31 bits per heavy atom. The molecule has 2 heterocycles. The predicted octanol–water partition coefficient (Wildman–Crippen LogP) is 3.15. The van der Waals surface area contributed by atoms with Gasteiger partial charge < -0.3 is 20.1 Å². The molecule has 36 heavy (non-hydrogen) atoms. The van der Waals surface area contributed by atoms with Crippen LogP contribution in [0.25, 0.3) is 11.5 Å². The molecule has 1 aromatic carbocycles. The number of aryl methyl sites for hydroxylation is 1. The molecule has 0 spiro atoms. The van der Waals surface area contributed by atoms with Gasteiger partial charge in [-0.1, -0.05) is 28.1 Å². The summed E-state index contributed by atoms with van der Waals surface area (Å²) in [5.41, 5.74) is 0.703. The fourth-order valence-corrected chi connectivity index (χ4v) is 3.79. The molecule has 0 aliphatic heterocycles. The fraction of sp³-hybridized carbons (Fsp3) is 0.348. The van der Waals surface area contributed by atoms with Crippen LogP contribution >= 0.6 is 15.9 Å². The Morgan fingerprint density at radius 3 is 2.64 bits per heavy atom. The number of aldehydes is 1. The molecule has 190 valence electrons. The average molecular weight is 561 g/mol. The van der Waals surface area contributed by atoms with E-state index in [1.54, 1.807) is 52.0 Å². The van der Waals surface area contributed by atoms with Gasteiger partial charge in [0.2, 0.25) is 5.82 Å². The third kappa shape index (κ3) is 6.42. The second kappa shape index (κ2) is 10.8. The minimum atomic E-state index is -1.24. The Kier molecular flexibility index (Phi) is 8.03. The summed E-state index contributed by atoms with van der Waals surface area (Å²) in [5, 5.41) is 23.9. The maximum atomic E-state index is 13.1. The number of carboxylic acids is 1. The molecule has 0 bridgehead atoms. The third-order valence-corrected chi connectivity index (χ3v) is 5.49. The number of nitrogens with zero attached hydrogens (tertiary/aromatic N) is 4. The van der Waals surface area contributed by atoms with E-state index in [2.05, 4.69) is 41.6 Å². The molecule has 0 aliphatic rings. The Labute approximate surface area is 214 Å². The molecule has 1 amide bonds. The number of alkyl carbamates (subject to hydrolysis) is 1. The Bertz CT molecular complexity index is 1310. The average Bonchev–Trinajstić information content (AvgIpc) is 3.38. The number of nitrogens with one attached hydrogen (secondary N) is 2. The number of aliphatic carboxylic acids is 1. The second-order valence-corrected chi connectivity index (χ2v) is 9.82. The molecule has 0 aliphatic carbocycles. The van der Waals surface area contributed by atoms with E-state index >= 15 is 0 Å². The van der Waals surface area contributed by atoms with Crippen LogP contribution in [0.15, 0.2) is 28.7 Å². The highest BCUT2D eigenvalue weighted by molar-refractivity contribution is 9.10. The number of carbonyl (C=O) groups is 4. The van der Waals surface area contributed by atoms with Gasteiger partial charge in [0.25, 0.3) is 0 Å². The lowest BCUT2D eigenvalue weighted by atomic mass is 9.99. The lowest BCUT2D eigenvalue weighted by Gasteiger charge is -2.21. The molecule has 1 unspecified atom stereocenters. The molecule has 0 fully saturated rings. The maximum Gasteiger partial charge on any atom is 0.408 e. The number of carbonyl (C=O) groups excluding carboxylic acids is 3. The molecule has 0 saturated heterocycles. The van der Waals surface area contributed by atoms with Crippen LogP contribution in [0.5, 0.6) is 0 Å². The number of H-pyrrole nitrogens is 1. The Morgan fingerprint density at radius 2 is 2.03 bits per heavy atom. The van der Waals surface area contributed by atoms with Crippen LogP contribution in [0.2, 0.25) is 0 Å². The van der Waals surface area contributed by atoms with Crippen molar-refractivity contribution in [2.75, 3.05) is 0 Å². The van der Waals surface area contributed by atoms with Gasteiger partial charge in [-0.25, -0.2) is 9.59 Å². The molecule has 2 aromatic heterocycles. The van der Waals surface area contributed by atoms with E-state index in [1.165, 1.54) is 4.80 Å². The van der Waals surface area contributed by atoms with E-state index in [9.17, 15) is 24.3 Å². The zero-order valence-corrected chi connectivity index (χ0v) is 21.6. The van der Waals surface area contributed by atoms with E-state index in [0.717, 1.165) is 4.47 Å². The van der Waals surface area contributed by atoms with Gasteiger partial charge in [0.1, 0.15) is 11.6 Å². The normalized spacial score (nSPS) is 12.1. The number of rotatable bonds is 9. The van der Waals surface area contributed by atoms with Crippen LogP contribution in [0.3, 0.4) is 0 Å². The van der Waals surface area contributed by atoms with Crippen LogP contribution in [0.4, 0.5) is 4.79 Å². The van der Waals surface area contributed by atoms with Crippen molar-refractivity contribution in [2.24, 2.45) is 0 Å². The molecule has 3 aromatic rings. The minimum Gasteiger partial charge on any atom is -0.480 e. The number of hydrogen-bond donors (Lipinski definition) is 3. The van der Waals surface area contributed by atoms with Crippen molar-refractivity contribution in [1.29, 1.82) is 0 Å². The summed E-state index contributed by atoms with van der Waals surface area (Å²) in [6.07, 6.45) is -0.347. The van der Waals surface area contributed by atoms with Crippen LogP contribution in [-0.2, 0) is 16.1 Å². The highest BCUT2D eigenvalue weighted by Crippen LogP contribution is 2.27. The topological polar surface area (TPSA) is 169 Å². The first kappa shape index (κ1) is 26.7. The number of aromatic amines is 1. The van der Waals surface area contributed by atoms with E-state index in [-0.39, 0.29) is 35.8 Å². The van der Waals surface area contributed by atoms with E-state index in [1.807, 2.05) is 0 Å². The first-order valence-corrected chi connectivity index (χ1v) is 11.7. The van der Waals surface area contributed by atoms with Crippen molar-refractivity contribution in [3.63, 3.8) is 0 Å². The SMILES string of the molecule is Cc1c(-c2nnn(CCC(NC(=O)OC(C)(C)C)C(=O)O)n2)[nH]c(C=O)c1C(=O)c1cccc(Br)c1. The van der Waals surface area contributed by atoms with Crippen molar-refractivity contribution >= 4 is 40.1 Å². The van der Waals surface area contributed by atoms with Gasteiger partial charge in [0.15, 0.2) is 12.1 Å². The molecule has 13 heteroatoms. The smallest absolute Gasteiger partial charge is 0.408 e. The fourth-order valence-electron chi connectivity index (χ4n) is 3.39. The molecule has 1 atom stereocenters. The largest absolute Gasteiger partial charge is 0.480 e. The second-order valence-electron chi connectivity index (χ2n) is 8.91. The lowest BCUT2D eigenvalue weighted by molar-refractivity contribution is -0.139. The molecule has 3 rings (SSSR count). The van der Waals surface area contributed by atoms with E-state index < -0.39 is 23.7 Å². The van der Waals surface area contributed by atoms with Crippen LogP contribution in [0, 0.1) is 6.92 Å². The maximum absolute atomic E-state index is 13.1. The van der Waals surface area contributed by atoms with Crippen molar-refractivity contribution in [1.82, 2.24) is 30.5 Å². The van der Waals surface area contributed by atoms with Gasteiger partial charge in [0, 0.05) is 10.0 Å². The van der Waals surface area contributed by atoms with Gasteiger partial charge >= 0.3 is 12.1 Å². The molecule has 12 nitrogen and oxygen atoms in total. The first-order chi connectivity index (χ1) is 16.9. The number of ether oxygens (including phenoxy) is 1. The van der Waals surface area contributed by atoms with Crippen LogP contribution < -0.4 is 5.32 Å². The number of ketones is 1. The quantitative estimate of drug-likeness (QED) is 0.262. The number of hydrogen-bond acceptors (Lipinski definition) is 8. The van der Waals surface area contributed by atoms with Gasteiger partial charge in [-0.3, -0.25) is 9.59 Å². The van der Waals surface area contributed by atoms with Crippen molar-refractivity contribution in [3.05, 3.63) is 51.1 Å². The summed E-state index contributed by atoms with van der Waals surface area (Å²) >= 11 is 3.33. The van der Waals surface area contributed by atoms with Gasteiger partial charge in [0.05, 0.1) is 23.5 Å². The first-order valence-electron chi connectivity index (χ1n) is 10.9. The summed E-state index contributed by atoms with van der Waals surface area (Å²) in [6, 6.07) is 5.56. The summed E-state index contributed by atoms with van der Waals surface area (Å²) in [4.78, 5) is 52.3. The highest BCUT2D eigenvalue weighted by atomic mass is 79.9. The summed E-state index contributed by atoms with van der Waals surface area (Å²) in [6.45, 7) is 6.68. The zero-order valence-electron chi connectivity index (χ0n) is 20.0. The van der Waals surface area contributed by atoms with Crippen molar-refractivity contribution in [3.8, 4) is 11.5 Å². The van der Waals surface area contributed by atoms with Crippen molar-refractivity contribution in [2.45, 2.75) is 52.3 Å². The van der Waals surface area contributed by atoms with Gasteiger partial charge in [-0.05, 0) is 57.0 Å². The van der Waals surface area contributed by atoms with Gasteiger partial charge in [-0.15, -0.1) is 10.2 Å². The Balaban J connectivity index is 1.78. The summed E-state index contributed by atoms with van der Waals surface area (Å²) in [7, 11) is 0. The number of halogens is 1. The minimum absolute atomic E-state index is 0.0177. The molecular weight excluding hydrogens is 536 g/mol. The standard InChI is InChI=1S/C23H25BrN6O6/c1-12-17(19(32)13-6-5-7-14(24)10-13)16(11-31)25-18(12)20-27-29-30(28-20)9-8-15(21(33)34)26-22(35)36-23(2,3)4/h5-7,10-11,15,25H,8-9H2,1-4H3,(H,26,35)(H,33,34). The molecule has 0 radical (unpaired) electrons. The molecular formula is C23H25BrN6O6. The van der Waals surface area contributed by atoms with Crippen LogP contribution in [0.1, 0.15) is 59.2 Å². The zero-order chi connectivity index (χ0) is 26.6. The molecule has 3 N–H and O–H groups in total. The van der Waals surface area contributed by atoms with Crippen molar-refractivity contribution < 1.29 is 29.0 Å². The van der Waals surface area contributed by atoms with Crippen LogP contribution in [-0.4, -0.2) is 66.1 Å². The van der Waals surface area contributed by atoms with E-state index in [4.69, 9.17) is 4.74 Å². The summed E-state index contributed by atoms with van der Waals surface area (Å²) in [5.74, 6) is -1.47. The van der Waals surface area contributed by atoms with E-state index in [0.29, 0.717) is 23.1 Å². The number of benzene rings is 1. The monoisotopic (exact) mass is 560 g/mol. The predicted molar refractivity (Wildman–Crippen MR) is 131 cm³/mol. The third-order valence-electron chi connectivity index (χ3n) is 4.99. The Hall–Kier alpha value is -3.87. The van der Waals surface area contributed by atoms with Gasteiger partial charge in [-0.2, -0.15) is 4.80 Å². The highest BCUT2D eigenvalue weighted by Gasteiger charge is 2.26. The molecule has 0 saturated carbocycles. The number of tetrazole rings is 1. The summed E-state index contributed by atoms with van der Waals surface area (Å²) < 4.78 is 5.82. The number of carboxylic acid groups (broad SMARTS) is 1. The number of amides is 1.